The van der Waals surface area contributed by atoms with Crippen molar-refractivity contribution >= 4 is 48.9 Å². The van der Waals surface area contributed by atoms with Crippen molar-refractivity contribution in [3.8, 4) is 0 Å². The second-order valence-corrected chi connectivity index (χ2v) is 8.80. The van der Waals surface area contributed by atoms with Gasteiger partial charge in [-0.1, -0.05) is 11.6 Å². The predicted octanol–water partition coefficient (Wildman–Crippen LogP) is 3.01. The monoisotopic (exact) mass is 373 g/mol. The van der Waals surface area contributed by atoms with Crippen LogP contribution in [0, 0.1) is 0 Å². The van der Waals surface area contributed by atoms with Crippen molar-refractivity contribution in [2.24, 2.45) is 0 Å². The molecule has 0 saturated carbocycles. The number of hydrogen-bond donors (Lipinski definition) is 1. The highest BCUT2D eigenvalue weighted by Gasteiger charge is 2.21. The van der Waals surface area contributed by atoms with E-state index in [1.165, 1.54) is 6.07 Å². The molecule has 4 nitrogen and oxygen atoms in total. The molecule has 0 radical (unpaired) electrons. The molecule has 1 unspecified atom stereocenters. The Morgan fingerprint density at radius 1 is 1.56 bits per heavy atom. The molecule has 0 amide bonds. The average molecular weight is 375 g/mol. The molecule has 1 saturated heterocycles. The molecule has 2 rings (SSSR count). The van der Waals surface area contributed by atoms with E-state index in [2.05, 4.69) is 20.7 Å². The zero-order chi connectivity index (χ0) is 13.2. The lowest BCUT2D eigenvalue weighted by molar-refractivity contribution is 0.0200. The Morgan fingerprint density at radius 3 is 2.89 bits per heavy atom. The molecule has 18 heavy (non-hydrogen) atoms. The van der Waals surface area contributed by atoms with Gasteiger partial charge in [0, 0.05) is 13.2 Å². The maximum absolute atomic E-state index is 12.0. The summed E-state index contributed by atoms with van der Waals surface area (Å²) in [5, 5.41) is 0.411. The summed E-state index contributed by atoms with van der Waals surface area (Å²) in [6.45, 7) is 1.03. The van der Waals surface area contributed by atoms with Crippen LogP contribution in [0.3, 0.4) is 0 Å². The van der Waals surface area contributed by atoms with E-state index in [1.54, 1.807) is 0 Å². The zero-order valence-electron chi connectivity index (χ0n) is 9.49. The fourth-order valence-corrected chi connectivity index (χ4v) is 5.21. The van der Waals surface area contributed by atoms with Crippen LogP contribution in [-0.4, -0.2) is 27.7 Å². The predicted molar refractivity (Wildman–Crippen MR) is 75.8 cm³/mol. The summed E-state index contributed by atoms with van der Waals surface area (Å²) < 4.78 is 32.9. The van der Waals surface area contributed by atoms with Crippen molar-refractivity contribution in [1.29, 1.82) is 0 Å². The second kappa shape index (κ2) is 6.19. The van der Waals surface area contributed by atoms with Gasteiger partial charge in [-0.3, -0.25) is 0 Å². The van der Waals surface area contributed by atoms with E-state index >= 15 is 0 Å². The molecule has 1 aromatic rings. The summed E-state index contributed by atoms with van der Waals surface area (Å²) in [4.78, 5) is 0. The van der Waals surface area contributed by atoms with Crippen molar-refractivity contribution in [3.05, 3.63) is 14.9 Å². The van der Waals surface area contributed by atoms with Crippen LogP contribution >= 0.6 is 38.9 Å². The topological polar surface area (TPSA) is 55.4 Å². The lowest BCUT2D eigenvalue weighted by atomic mass is 10.1. The number of ether oxygens (including phenoxy) is 1. The van der Waals surface area contributed by atoms with Gasteiger partial charge in [-0.05, 0) is 41.3 Å². The van der Waals surface area contributed by atoms with E-state index in [0.29, 0.717) is 22.0 Å². The highest BCUT2D eigenvalue weighted by molar-refractivity contribution is 9.11. The first-order chi connectivity index (χ1) is 8.49. The SMILES string of the molecule is O=S(=O)(NCC1CCCCO1)c1cc(Cl)c(Br)s1. The van der Waals surface area contributed by atoms with Gasteiger partial charge < -0.3 is 4.74 Å². The highest BCUT2D eigenvalue weighted by Crippen LogP contribution is 2.34. The Morgan fingerprint density at radius 2 is 2.33 bits per heavy atom. The van der Waals surface area contributed by atoms with E-state index in [9.17, 15) is 8.42 Å². The molecule has 0 bridgehead atoms. The third-order valence-electron chi connectivity index (χ3n) is 2.66. The van der Waals surface area contributed by atoms with Crippen molar-refractivity contribution in [3.63, 3.8) is 0 Å². The molecule has 0 aliphatic carbocycles. The second-order valence-electron chi connectivity index (χ2n) is 4.03. The first-order valence-electron chi connectivity index (χ1n) is 5.55. The van der Waals surface area contributed by atoms with Gasteiger partial charge in [0.15, 0.2) is 0 Å². The van der Waals surface area contributed by atoms with Crippen molar-refractivity contribution < 1.29 is 13.2 Å². The van der Waals surface area contributed by atoms with E-state index in [-0.39, 0.29) is 10.3 Å². The molecule has 1 aromatic heterocycles. The molecule has 2 heterocycles. The molecule has 0 aromatic carbocycles. The van der Waals surface area contributed by atoms with Gasteiger partial charge in [0.25, 0.3) is 0 Å². The van der Waals surface area contributed by atoms with Crippen LogP contribution in [-0.2, 0) is 14.8 Å². The summed E-state index contributed by atoms with van der Waals surface area (Å²) in [5.74, 6) is 0. The van der Waals surface area contributed by atoms with Crippen LogP contribution in [0.4, 0.5) is 0 Å². The Kier molecular flexibility index (Phi) is 5.07. The number of halogens is 2. The van der Waals surface area contributed by atoms with Crippen LogP contribution in [0.5, 0.6) is 0 Å². The van der Waals surface area contributed by atoms with Gasteiger partial charge in [0.1, 0.15) is 4.21 Å². The Balaban J connectivity index is 1.98. The molecule has 102 valence electrons. The van der Waals surface area contributed by atoms with Crippen LogP contribution in [0.25, 0.3) is 0 Å². The number of thiophene rings is 1. The van der Waals surface area contributed by atoms with Gasteiger partial charge in [-0.25, -0.2) is 13.1 Å². The highest BCUT2D eigenvalue weighted by atomic mass is 79.9. The van der Waals surface area contributed by atoms with E-state index in [1.807, 2.05) is 0 Å². The van der Waals surface area contributed by atoms with Crippen molar-refractivity contribution in [2.45, 2.75) is 29.6 Å². The van der Waals surface area contributed by atoms with Crippen LogP contribution < -0.4 is 4.72 Å². The van der Waals surface area contributed by atoms with Gasteiger partial charge in [-0.15, -0.1) is 11.3 Å². The summed E-state index contributed by atoms with van der Waals surface area (Å²) in [6.07, 6.45) is 3.02. The zero-order valence-corrected chi connectivity index (χ0v) is 13.5. The molecule has 1 aliphatic heterocycles. The van der Waals surface area contributed by atoms with Crippen molar-refractivity contribution in [2.75, 3.05) is 13.2 Å². The Bertz CT molecular complexity index is 492. The summed E-state index contributed by atoms with van der Waals surface area (Å²) in [6, 6.07) is 1.44. The first kappa shape index (κ1) is 14.7. The number of sulfonamides is 1. The minimum Gasteiger partial charge on any atom is -0.377 e. The molecular formula is C10H13BrClNO3S2. The third-order valence-corrected chi connectivity index (χ3v) is 7.03. The molecule has 1 atom stereocenters. The normalized spacial score (nSPS) is 21.1. The smallest absolute Gasteiger partial charge is 0.250 e. The lowest BCUT2D eigenvalue weighted by Gasteiger charge is -2.22. The standard InChI is InChI=1S/C10H13BrClNO3S2/c11-10-8(12)5-9(17-10)18(14,15)13-6-7-3-1-2-4-16-7/h5,7,13H,1-4,6H2. The fourth-order valence-electron chi connectivity index (χ4n) is 1.70. The molecule has 1 aliphatic rings. The molecule has 8 heteroatoms. The van der Waals surface area contributed by atoms with Gasteiger partial charge >= 0.3 is 0 Å². The summed E-state index contributed by atoms with van der Waals surface area (Å²) >= 11 is 10.1. The quantitative estimate of drug-likeness (QED) is 0.881. The third kappa shape index (κ3) is 3.68. The van der Waals surface area contributed by atoms with Gasteiger partial charge in [0.2, 0.25) is 10.0 Å². The number of nitrogens with one attached hydrogen (secondary N) is 1. The van der Waals surface area contributed by atoms with Gasteiger partial charge in [0.05, 0.1) is 14.9 Å². The summed E-state index contributed by atoms with van der Waals surface area (Å²) in [5.41, 5.74) is 0. The Labute approximate surface area is 124 Å². The Hall–Kier alpha value is 0.340. The fraction of sp³-hybridized carbons (Fsp3) is 0.600. The molecule has 0 spiro atoms. The maximum Gasteiger partial charge on any atom is 0.250 e. The van der Waals surface area contributed by atoms with Crippen LogP contribution in [0.15, 0.2) is 14.1 Å². The minimum atomic E-state index is -3.49. The van der Waals surface area contributed by atoms with Crippen LogP contribution in [0.2, 0.25) is 5.02 Å². The first-order valence-corrected chi connectivity index (χ1v) is 9.02. The molecular weight excluding hydrogens is 362 g/mol. The van der Waals surface area contributed by atoms with E-state index < -0.39 is 10.0 Å². The van der Waals surface area contributed by atoms with E-state index in [4.69, 9.17) is 16.3 Å². The summed E-state index contributed by atoms with van der Waals surface area (Å²) in [7, 11) is -3.49. The minimum absolute atomic E-state index is 0.0209. The van der Waals surface area contributed by atoms with E-state index in [0.717, 1.165) is 30.6 Å². The lowest BCUT2D eigenvalue weighted by Crippen LogP contribution is -2.35. The largest absolute Gasteiger partial charge is 0.377 e. The average Bonchev–Trinajstić information content (AvgIpc) is 2.70. The number of hydrogen-bond acceptors (Lipinski definition) is 4. The van der Waals surface area contributed by atoms with Crippen molar-refractivity contribution in [1.82, 2.24) is 4.72 Å². The molecule has 1 fully saturated rings. The molecule has 1 N–H and O–H groups in total. The van der Waals surface area contributed by atoms with Gasteiger partial charge in [-0.2, -0.15) is 0 Å². The van der Waals surface area contributed by atoms with Crippen LogP contribution in [0.1, 0.15) is 19.3 Å². The number of rotatable bonds is 4. The maximum atomic E-state index is 12.0.